The molecule has 1 saturated heterocycles. The number of carbonyl (C=O) groups is 1. The summed E-state index contributed by atoms with van der Waals surface area (Å²) in [5.74, 6) is 1.80. The van der Waals surface area contributed by atoms with E-state index in [1.165, 1.54) is 40.6 Å². The SMILES string of the molecule is Cc1cccc(C)c1Nc1nnc(SCC(=O)N2C[C@H](C)C[C@H](C)C2)s1. The van der Waals surface area contributed by atoms with Crippen LogP contribution in [0.2, 0.25) is 0 Å². The molecule has 26 heavy (non-hydrogen) atoms. The first-order valence-electron chi connectivity index (χ1n) is 8.99. The molecule has 2 heterocycles. The molecule has 140 valence electrons. The minimum atomic E-state index is 0.202. The van der Waals surface area contributed by atoms with Gasteiger partial charge in [0.25, 0.3) is 0 Å². The van der Waals surface area contributed by atoms with Gasteiger partial charge in [-0.3, -0.25) is 4.79 Å². The van der Waals surface area contributed by atoms with Crippen LogP contribution in [-0.2, 0) is 4.79 Å². The first kappa shape index (κ1) is 19.2. The van der Waals surface area contributed by atoms with Crippen molar-refractivity contribution in [3.05, 3.63) is 29.3 Å². The van der Waals surface area contributed by atoms with Crippen LogP contribution in [0.1, 0.15) is 31.4 Å². The minimum Gasteiger partial charge on any atom is -0.341 e. The Balaban J connectivity index is 1.56. The molecule has 7 heteroatoms. The Labute approximate surface area is 163 Å². The van der Waals surface area contributed by atoms with E-state index in [1.807, 2.05) is 11.0 Å². The molecular weight excluding hydrogens is 364 g/mol. The Morgan fingerprint density at radius 2 is 1.88 bits per heavy atom. The zero-order valence-electron chi connectivity index (χ0n) is 15.8. The highest BCUT2D eigenvalue weighted by Gasteiger charge is 2.25. The number of carbonyl (C=O) groups excluding carboxylic acids is 1. The van der Waals surface area contributed by atoms with Crippen LogP contribution in [0.15, 0.2) is 22.5 Å². The summed E-state index contributed by atoms with van der Waals surface area (Å²) in [7, 11) is 0. The molecule has 1 fully saturated rings. The number of nitrogens with zero attached hydrogens (tertiary/aromatic N) is 3. The summed E-state index contributed by atoms with van der Waals surface area (Å²) in [4.78, 5) is 14.5. The van der Waals surface area contributed by atoms with E-state index in [-0.39, 0.29) is 5.91 Å². The maximum absolute atomic E-state index is 12.5. The quantitative estimate of drug-likeness (QED) is 0.762. The molecular formula is C19H26N4OS2. The second-order valence-electron chi connectivity index (χ2n) is 7.30. The minimum absolute atomic E-state index is 0.202. The number of hydrogen-bond donors (Lipinski definition) is 1. The average molecular weight is 391 g/mol. The van der Waals surface area contributed by atoms with E-state index in [9.17, 15) is 4.79 Å². The lowest BCUT2D eigenvalue weighted by Gasteiger charge is -2.34. The largest absolute Gasteiger partial charge is 0.341 e. The summed E-state index contributed by atoms with van der Waals surface area (Å²) >= 11 is 2.97. The van der Waals surface area contributed by atoms with Crippen molar-refractivity contribution in [2.45, 2.75) is 38.5 Å². The third-order valence-corrected chi connectivity index (χ3v) is 6.62. The number of hydrogen-bond acceptors (Lipinski definition) is 6. The Kier molecular flexibility index (Phi) is 6.19. The summed E-state index contributed by atoms with van der Waals surface area (Å²) in [6, 6.07) is 6.20. The molecule has 5 nitrogen and oxygen atoms in total. The molecule has 1 aliphatic rings. The number of thioether (sulfide) groups is 1. The van der Waals surface area contributed by atoms with E-state index in [0.717, 1.165) is 28.2 Å². The van der Waals surface area contributed by atoms with Crippen molar-refractivity contribution in [1.82, 2.24) is 15.1 Å². The van der Waals surface area contributed by atoms with Crippen molar-refractivity contribution in [3.63, 3.8) is 0 Å². The second-order valence-corrected chi connectivity index (χ2v) is 9.50. The number of amides is 1. The van der Waals surface area contributed by atoms with Gasteiger partial charge < -0.3 is 10.2 Å². The van der Waals surface area contributed by atoms with E-state index < -0.39 is 0 Å². The van der Waals surface area contributed by atoms with Gasteiger partial charge in [0.15, 0.2) is 4.34 Å². The van der Waals surface area contributed by atoms with E-state index in [0.29, 0.717) is 17.6 Å². The summed E-state index contributed by atoms with van der Waals surface area (Å²) in [6.07, 6.45) is 1.21. The number of anilines is 2. The standard InChI is InChI=1S/C19H26N4OS2/c1-12-8-13(2)10-23(9-12)16(24)11-25-19-22-21-18(26-19)20-17-14(3)6-5-7-15(17)4/h5-7,12-13H,8-11H2,1-4H3,(H,20,21)/t12-,13+. The van der Waals surface area contributed by atoms with Crippen LogP contribution in [0.25, 0.3) is 0 Å². The topological polar surface area (TPSA) is 58.1 Å². The van der Waals surface area contributed by atoms with Crippen LogP contribution in [-0.4, -0.2) is 39.8 Å². The number of piperidine rings is 1. The Hall–Kier alpha value is -1.60. The molecule has 3 rings (SSSR count). The molecule has 0 saturated carbocycles. The average Bonchev–Trinajstić information content (AvgIpc) is 3.03. The van der Waals surface area contributed by atoms with Gasteiger partial charge >= 0.3 is 0 Å². The number of rotatable bonds is 5. The number of likely N-dealkylation sites (tertiary alicyclic amines) is 1. The molecule has 0 unspecified atom stereocenters. The molecule has 0 bridgehead atoms. The van der Waals surface area contributed by atoms with Gasteiger partial charge in [0.1, 0.15) is 0 Å². The number of benzene rings is 1. The lowest BCUT2D eigenvalue weighted by atomic mass is 9.92. The molecule has 0 aliphatic carbocycles. The zero-order valence-corrected chi connectivity index (χ0v) is 17.4. The van der Waals surface area contributed by atoms with Crippen LogP contribution in [0.4, 0.5) is 10.8 Å². The van der Waals surface area contributed by atoms with Gasteiger partial charge in [0.05, 0.1) is 5.75 Å². The van der Waals surface area contributed by atoms with Gasteiger partial charge in [-0.1, -0.05) is 55.1 Å². The summed E-state index contributed by atoms with van der Waals surface area (Å²) in [6.45, 7) is 10.3. The number of para-hydroxylation sites is 1. The van der Waals surface area contributed by atoms with Crippen molar-refractivity contribution in [2.75, 3.05) is 24.2 Å². The molecule has 0 spiro atoms. The fourth-order valence-corrected chi connectivity index (χ4v) is 5.18. The first-order valence-corrected chi connectivity index (χ1v) is 10.8. The predicted molar refractivity (Wildman–Crippen MR) is 109 cm³/mol. The highest BCUT2D eigenvalue weighted by molar-refractivity contribution is 8.01. The maximum atomic E-state index is 12.5. The maximum Gasteiger partial charge on any atom is 0.233 e. The number of nitrogens with one attached hydrogen (secondary N) is 1. The third-order valence-electron chi connectivity index (χ3n) is 4.66. The lowest BCUT2D eigenvalue weighted by Crippen LogP contribution is -2.43. The highest BCUT2D eigenvalue weighted by Crippen LogP contribution is 2.30. The first-order chi connectivity index (χ1) is 12.4. The number of aromatic nitrogens is 2. The second kappa shape index (κ2) is 8.39. The van der Waals surface area contributed by atoms with Gasteiger partial charge in [-0.2, -0.15) is 0 Å². The van der Waals surface area contributed by atoms with Crippen molar-refractivity contribution in [2.24, 2.45) is 11.8 Å². The third kappa shape index (κ3) is 4.76. The van der Waals surface area contributed by atoms with Gasteiger partial charge in [-0.25, -0.2) is 0 Å². The van der Waals surface area contributed by atoms with E-state index in [1.54, 1.807) is 0 Å². The van der Waals surface area contributed by atoms with Crippen molar-refractivity contribution < 1.29 is 4.79 Å². The summed E-state index contributed by atoms with van der Waals surface area (Å²) in [5, 5.41) is 12.6. The van der Waals surface area contributed by atoms with E-state index in [2.05, 4.69) is 55.3 Å². The summed E-state index contributed by atoms with van der Waals surface area (Å²) in [5.41, 5.74) is 3.43. The molecule has 1 N–H and O–H groups in total. The summed E-state index contributed by atoms with van der Waals surface area (Å²) < 4.78 is 0.824. The fraction of sp³-hybridized carbons (Fsp3) is 0.526. The Bertz CT molecular complexity index is 746. The van der Waals surface area contributed by atoms with E-state index in [4.69, 9.17) is 0 Å². The highest BCUT2D eigenvalue weighted by atomic mass is 32.2. The number of aryl methyl sites for hydroxylation is 2. The molecule has 1 aromatic carbocycles. The van der Waals surface area contributed by atoms with Gasteiger partial charge in [0, 0.05) is 18.8 Å². The molecule has 1 aliphatic heterocycles. The Morgan fingerprint density at radius 1 is 1.23 bits per heavy atom. The van der Waals surface area contributed by atoms with E-state index >= 15 is 0 Å². The van der Waals surface area contributed by atoms with Crippen LogP contribution < -0.4 is 5.32 Å². The van der Waals surface area contributed by atoms with Crippen molar-refractivity contribution in [1.29, 1.82) is 0 Å². The zero-order chi connectivity index (χ0) is 18.7. The van der Waals surface area contributed by atoms with Gasteiger partial charge in [-0.05, 0) is 43.2 Å². The lowest BCUT2D eigenvalue weighted by molar-refractivity contribution is -0.130. The molecule has 2 atom stereocenters. The van der Waals surface area contributed by atoms with Gasteiger partial charge in [0.2, 0.25) is 11.0 Å². The van der Waals surface area contributed by atoms with Crippen LogP contribution in [0, 0.1) is 25.7 Å². The van der Waals surface area contributed by atoms with Crippen molar-refractivity contribution in [3.8, 4) is 0 Å². The molecule has 0 radical (unpaired) electrons. The van der Waals surface area contributed by atoms with Crippen LogP contribution >= 0.6 is 23.1 Å². The van der Waals surface area contributed by atoms with Crippen molar-refractivity contribution >= 4 is 39.8 Å². The fourth-order valence-electron chi connectivity index (χ4n) is 3.52. The molecule has 1 amide bonds. The molecule has 1 aromatic heterocycles. The Morgan fingerprint density at radius 3 is 2.54 bits per heavy atom. The van der Waals surface area contributed by atoms with Gasteiger partial charge in [-0.15, -0.1) is 10.2 Å². The normalized spacial score (nSPS) is 20.2. The smallest absolute Gasteiger partial charge is 0.233 e. The van der Waals surface area contributed by atoms with Crippen LogP contribution in [0.3, 0.4) is 0 Å². The molecule has 2 aromatic rings. The van der Waals surface area contributed by atoms with Crippen LogP contribution in [0.5, 0.6) is 0 Å². The monoisotopic (exact) mass is 390 g/mol. The predicted octanol–water partition coefficient (Wildman–Crippen LogP) is 4.50.